The normalized spacial score (nSPS) is 18.1. The van der Waals surface area contributed by atoms with Gasteiger partial charge in [0.25, 0.3) is 0 Å². The summed E-state index contributed by atoms with van der Waals surface area (Å²) in [7, 11) is 0. The second kappa shape index (κ2) is 5.27. The molecule has 0 aromatic carbocycles. The summed E-state index contributed by atoms with van der Waals surface area (Å²) in [6.45, 7) is 7.02. The number of nitrogens with one attached hydrogen (secondary N) is 2. The molecule has 0 aliphatic carbocycles. The Morgan fingerprint density at radius 1 is 1.38 bits per heavy atom. The minimum absolute atomic E-state index is 0.161. The van der Waals surface area contributed by atoms with E-state index in [1.165, 1.54) is 0 Å². The molecule has 0 aromatic heterocycles. The first-order valence-electron chi connectivity index (χ1n) is 5.46. The smallest absolute Gasteiger partial charge is 0.242 e. The van der Waals surface area contributed by atoms with Crippen molar-refractivity contribution in [1.29, 1.82) is 0 Å². The van der Waals surface area contributed by atoms with Crippen LogP contribution in [0.15, 0.2) is 0 Å². The van der Waals surface area contributed by atoms with Gasteiger partial charge in [0, 0.05) is 26.2 Å². The van der Waals surface area contributed by atoms with Gasteiger partial charge in [-0.3, -0.25) is 14.5 Å². The molecular formula is C10H20N4O2. The van der Waals surface area contributed by atoms with E-state index in [4.69, 9.17) is 5.73 Å². The molecule has 1 rings (SSSR count). The standard InChI is InChI=1S/C10H20N4O2/c1-10(2,9(11)16)13-8(15)7-14-5-3-12-4-6-14/h12H,3-7H2,1-2H3,(H2,11,16)(H,13,15). The molecule has 0 saturated carbocycles. The maximum absolute atomic E-state index is 11.7. The SMILES string of the molecule is CC(C)(NC(=O)CN1CCNCC1)C(N)=O. The Bertz CT molecular complexity index is 272. The summed E-state index contributed by atoms with van der Waals surface area (Å²) >= 11 is 0. The van der Waals surface area contributed by atoms with Gasteiger partial charge in [0.1, 0.15) is 5.54 Å². The zero-order valence-electron chi connectivity index (χ0n) is 9.88. The molecule has 1 aliphatic heterocycles. The summed E-state index contributed by atoms with van der Waals surface area (Å²) in [5.74, 6) is -0.688. The monoisotopic (exact) mass is 228 g/mol. The van der Waals surface area contributed by atoms with Crippen LogP contribution in [-0.4, -0.2) is 55.0 Å². The average molecular weight is 228 g/mol. The van der Waals surface area contributed by atoms with Gasteiger partial charge in [0.15, 0.2) is 0 Å². The van der Waals surface area contributed by atoms with E-state index in [9.17, 15) is 9.59 Å². The number of hydrogen-bond acceptors (Lipinski definition) is 4. The predicted molar refractivity (Wildman–Crippen MR) is 60.7 cm³/mol. The van der Waals surface area contributed by atoms with E-state index in [-0.39, 0.29) is 5.91 Å². The number of nitrogens with two attached hydrogens (primary N) is 1. The van der Waals surface area contributed by atoms with E-state index in [2.05, 4.69) is 10.6 Å². The van der Waals surface area contributed by atoms with Crippen molar-refractivity contribution in [1.82, 2.24) is 15.5 Å². The van der Waals surface area contributed by atoms with Crippen LogP contribution in [0, 0.1) is 0 Å². The maximum atomic E-state index is 11.7. The van der Waals surface area contributed by atoms with Crippen LogP contribution in [0.25, 0.3) is 0 Å². The maximum Gasteiger partial charge on any atom is 0.242 e. The second-order valence-electron chi connectivity index (χ2n) is 4.56. The lowest BCUT2D eigenvalue weighted by Crippen LogP contribution is -2.56. The summed E-state index contributed by atoms with van der Waals surface area (Å²) in [6, 6.07) is 0. The highest BCUT2D eigenvalue weighted by Gasteiger charge is 2.27. The Labute approximate surface area is 95.5 Å². The quantitative estimate of drug-likeness (QED) is 0.534. The van der Waals surface area contributed by atoms with Crippen molar-refractivity contribution in [2.45, 2.75) is 19.4 Å². The molecule has 0 bridgehead atoms. The lowest BCUT2D eigenvalue weighted by Gasteiger charge is -2.28. The third kappa shape index (κ3) is 3.79. The number of amides is 2. The number of hydrogen-bond donors (Lipinski definition) is 3. The van der Waals surface area contributed by atoms with Crippen LogP contribution in [0.2, 0.25) is 0 Å². The number of primary amides is 1. The molecule has 1 aliphatic rings. The average Bonchev–Trinajstić information content (AvgIpc) is 2.17. The Balaban J connectivity index is 2.37. The molecule has 0 spiro atoms. The molecule has 0 radical (unpaired) electrons. The van der Waals surface area contributed by atoms with Crippen LogP contribution in [0.4, 0.5) is 0 Å². The van der Waals surface area contributed by atoms with E-state index in [0.29, 0.717) is 6.54 Å². The van der Waals surface area contributed by atoms with Crippen molar-refractivity contribution in [2.75, 3.05) is 32.7 Å². The molecule has 92 valence electrons. The van der Waals surface area contributed by atoms with E-state index >= 15 is 0 Å². The third-order valence-corrected chi connectivity index (χ3v) is 2.64. The first-order chi connectivity index (χ1) is 7.42. The molecule has 0 aromatic rings. The van der Waals surface area contributed by atoms with E-state index < -0.39 is 11.4 Å². The van der Waals surface area contributed by atoms with Gasteiger partial charge in [0.05, 0.1) is 6.54 Å². The second-order valence-corrected chi connectivity index (χ2v) is 4.56. The van der Waals surface area contributed by atoms with Crippen molar-refractivity contribution < 1.29 is 9.59 Å². The fourth-order valence-electron chi connectivity index (χ4n) is 1.52. The number of nitrogens with zero attached hydrogens (tertiary/aromatic N) is 1. The van der Waals surface area contributed by atoms with Gasteiger partial charge in [-0.1, -0.05) is 0 Å². The molecule has 4 N–H and O–H groups in total. The summed E-state index contributed by atoms with van der Waals surface area (Å²) in [5, 5.41) is 5.83. The van der Waals surface area contributed by atoms with Crippen LogP contribution < -0.4 is 16.4 Å². The first-order valence-corrected chi connectivity index (χ1v) is 5.46. The summed E-state index contributed by atoms with van der Waals surface area (Å²) in [4.78, 5) is 24.7. The third-order valence-electron chi connectivity index (χ3n) is 2.64. The Kier molecular flexibility index (Phi) is 4.26. The van der Waals surface area contributed by atoms with Gasteiger partial charge in [0.2, 0.25) is 11.8 Å². The van der Waals surface area contributed by atoms with Crippen LogP contribution in [-0.2, 0) is 9.59 Å². The van der Waals surface area contributed by atoms with Gasteiger partial charge in [-0.2, -0.15) is 0 Å². The molecular weight excluding hydrogens is 208 g/mol. The summed E-state index contributed by atoms with van der Waals surface area (Å²) < 4.78 is 0. The van der Waals surface area contributed by atoms with Gasteiger partial charge < -0.3 is 16.4 Å². The van der Waals surface area contributed by atoms with Crippen LogP contribution >= 0.6 is 0 Å². The molecule has 6 heteroatoms. The molecule has 0 atom stereocenters. The lowest BCUT2D eigenvalue weighted by atomic mass is 10.1. The van der Waals surface area contributed by atoms with E-state index in [0.717, 1.165) is 26.2 Å². The highest BCUT2D eigenvalue weighted by Crippen LogP contribution is 2.00. The van der Waals surface area contributed by atoms with Crippen molar-refractivity contribution in [2.24, 2.45) is 5.73 Å². The van der Waals surface area contributed by atoms with Crippen LogP contribution in [0.1, 0.15) is 13.8 Å². The molecule has 1 saturated heterocycles. The number of carbonyl (C=O) groups excluding carboxylic acids is 2. The van der Waals surface area contributed by atoms with E-state index in [1.54, 1.807) is 13.8 Å². The molecule has 0 unspecified atom stereocenters. The number of piperazine rings is 1. The molecule has 2 amide bonds. The highest BCUT2D eigenvalue weighted by molar-refractivity contribution is 5.90. The van der Waals surface area contributed by atoms with Crippen LogP contribution in [0.5, 0.6) is 0 Å². The largest absolute Gasteiger partial charge is 0.368 e. The Hall–Kier alpha value is -1.14. The fraction of sp³-hybridized carbons (Fsp3) is 0.800. The van der Waals surface area contributed by atoms with Crippen molar-refractivity contribution in [3.8, 4) is 0 Å². The molecule has 6 nitrogen and oxygen atoms in total. The summed E-state index contributed by atoms with van der Waals surface area (Å²) in [6.07, 6.45) is 0. The molecule has 1 fully saturated rings. The molecule has 1 heterocycles. The van der Waals surface area contributed by atoms with Crippen molar-refractivity contribution >= 4 is 11.8 Å². The van der Waals surface area contributed by atoms with Gasteiger partial charge in [-0.05, 0) is 13.8 Å². The Morgan fingerprint density at radius 2 is 1.94 bits per heavy atom. The Morgan fingerprint density at radius 3 is 2.44 bits per heavy atom. The number of rotatable bonds is 4. The van der Waals surface area contributed by atoms with Crippen LogP contribution in [0.3, 0.4) is 0 Å². The lowest BCUT2D eigenvalue weighted by molar-refractivity contribution is -0.131. The highest BCUT2D eigenvalue weighted by atomic mass is 16.2. The predicted octanol–water partition coefficient (Wildman–Crippen LogP) is -1.73. The first kappa shape index (κ1) is 12.9. The summed E-state index contributed by atoms with van der Waals surface area (Å²) in [5.41, 5.74) is 4.19. The zero-order chi connectivity index (χ0) is 12.2. The minimum Gasteiger partial charge on any atom is -0.368 e. The van der Waals surface area contributed by atoms with Gasteiger partial charge in [-0.15, -0.1) is 0 Å². The van der Waals surface area contributed by atoms with Crippen molar-refractivity contribution in [3.05, 3.63) is 0 Å². The number of carbonyl (C=O) groups is 2. The minimum atomic E-state index is -0.981. The zero-order valence-corrected chi connectivity index (χ0v) is 9.88. The van der Waals surface area contributed by atoms with E-state index in [1.807, 2.05) is 4.90 Å². The van der Waals surface area contributed by atoms with Gasteiger partial charge in [-0.25, -0.2) is 0 Å². The fourth-order valence-corrected chi connectivity index (χ4v) is 1.52. The molecule has 16 heavy (non-hydrogen) atoms. The topological polar surface area (TPSA) is 87.5 Å². The van der Waals surface area contributed by atoms with Crippen molar-refractivity contribution in [3.63, 3.8) is 0 Å². The van der Waals surface area contributed by atoms with Gasteiger partial charge >= 0.3 is 0 Å².